The summed E-state index contributed by atoms with van der Waals surface area (Å²) in [5.41, 5.74) is 6.67. The number of rotatable bonds is 18. The molecule has 1 saturated carbocycles. The second kappa shape index (κ2) is 22.3. The van der Waals surface area contributed by atoms with Crippen molar-refractivity contribution in [1.29, 1.82) is 0 Å². The molecule has 0 bridgehead atoms. The van der Waals surface area contributed by atoms with Gasteiger partial charge in [0.2, 0.25) is 23.7 Å². The molecule has 4 amide bonds. The molecule has 15 nitrogen and oxygen atoms in total. The van der Waals surface area contributed by atoms with E-state index in [9.17, 15) is 28.0 Å². The van der Waals surface area contributed by atoms with Gasteiger partial charge in [-0.25, -0.2) is 23.4 Å². The number of fused-ring (bicyclic) bond motifs is 4. The molecule has 2 aromatic heterocycles. The second-order valence-electron chi connectivity index (χ2n) is 19.3. The van der Waals surface area contributed by atoms with Crippen LogP contribution in [0.1, 0.15) is 129 Å². The molecule has 1 saturated heterocycles. The van der Waals surface area contributed by atoms with E-state index in [1.165, 1.54) is 35.9 Å². The van der Waals surface area contributed by atoms with Crippen LogP contribution in [0.3, 0.4) is 0 Å². The predicted octanol–water partition coefficient (Wildman–Crippen LogP) is 10.0. The average Bonchev–Trinajstić information content (AvgIpc) is 3.98. The summed E-state index contributed by atoms with van der Waals surface area (Å²) in [5, 5.41) is 21.8. The number of halogens is 3. The number of unbranched alkanes of at least 4 members (excludes halogenated alkanes) is 6. The van der Waals surface area contributed by atoms with E-state index in [1.807, 2.05) is 35.1 Å². The summed E-state index contributed by atoms with van der Waals surface area (Å²) in [6.45, 7) is 1.35. The fourth-order valence-electron chi connectivity index (χ4n) is 10.4. The number of imide groups is 1. The Morgan fingerprint density at radius 1 is 0.822 bits per heavy atom. The standard InChI is InChI=1S/C55H56ClF2N11O4/c56-35-17-24-39-41(28-35)52(50-43(57)11-9-12-44(50)58)60-29-34-30-61-55(65-51(34)39)62-37-18-15-33(16-19-37)46-32-69(67-66-46)38-22-20-36(21-23-38)59-27-7-5-3-1-2-4-6-14-48(70)63-45-13-8-10-40-42(45)31-68(54(40)73)47-25-26-49(71)64-53(47)72/h8-13,15-19,24,28,30,32,36,38,47,59H,1-7,14,20-23,25-27,29,31H2,(H,63,70)(H,61,62,65)(H,64,71,72). The largest absolute Gasteiger partial charge is 0.326 e. The van der Waals surface area contributed by atoms with Crippen LogP contribution in [0.4, 0.5) is 26.1 Å². The van der Waals surface area contributed by atoms with E-state index < -0.39 is 23.6 Å². The van der Waals surface area contributed by atoms with E-state index in [0.717, 1.165) is 81.3 Å². The number of nitrogens with one attached hydrogen (secondary N) is 4. The van der Waals surface area contributed by atoms with Gasteiger partial charge >= 0.3 is 0 Å². The van der Waals surface area contributed by atoms with Crippen molar-refractivity contribution in [2.45, 2.75) is 121 Å². The first-order valence-corrected chi connectivity index (χ1v) is 25.7. The highest BCUT2D eigenvalue weighted by atomic mass is 35.5. The van der Waals surface area contributed by atoms with Crippen LogP contribution < -0.4 is 21.3 Å². The van der Waals surface area contributed by atoms with Crippen LogP contribution in [0, 0.1) is 11.6 Å². The van der Waals surface area contributed by atoms with Crippen molar-refractivity contribution in [2.24, 2.45) is 4.99 Å². The molecule has 0 radical (unpaired) electrons. The highest BCUT2D eigenvalue weighted by Gasteiger charge is 2.40. The summed E-state index contributed by atoms with van der Waals surface area (Å²) in [6.07, 6.45) is 16.3. The van der Waals surface area contributed by atoms with Crippen LogP contribution in [0.25, 0.3) is 22.5 Å². The molecule has 5 heterocycles. The quantitative estimate of drug-likeness (QED) is 0.0477. The minimum atomic E-state index is -0.712. The third kappa shape index (κ3) is 11.2. The number of amides is 4. The predicted molar refractivity (Wildman–Crippen MR) is 274 cm³/mol. The van der Waals surface area contributed by atoms with Crippen LogP contribution in [-0.2, 0) is 27.5 Å². The Morgan fingerprint density at radius 3 is 2.36 bits per heavy atom. The van der Waals surface area contributed by atoms with Crippen LogP contribution in [-0.4, -0.2) is 77.8 Å². The van der Waals surface area contributed by atoms with Crippen molar-refractivity contribution in [3.05, 3.63) is 136 Å². The first-order chi connectivity index (χ1) is 35.6. The van der Waals surface area contributed by atoms with Crippen molar-refractivity contribution in [3.8, 4) is 22.5 Å². The van der Waals surface area contributed by atoms with Gasteiger partial charge in [0.15, 0.2) is 0 Å². The zero-order valence-corrected chi connectivity index (χ0v) is 41.1. The van der Waals surface area contributed by atoms with Gasteiger partial charge < -0.3 is 20.9 Å². The summed E-state index contributed by atoms with van der Waals surface area (Å²) in [7, 11) is 0. The third-order valence-corrected chi connectivity index (χ3v) is 14.6. The lowest BCUT2D eigenvalue weighted by atomic mass is 9.91. The van der Waals surface area contributed by atoms with Gasteiger partial charge in [-0.15, -0.1) is 5.10 Å². The number of aromatic nitrogens is 5. The van der Waals surface area contributed by atoms with Gasteiger partial charge in [-0.3, -0.25) is 29.5 Å². The second-order valence-corrected chi connectivity index (χ2v) is 19.7. The van der Waals surface area contributed by atoms with Crippen molar-refractivity contribution >= 4 is 58.3 Å². The molecule has 6 aromatic rings. The lowest BCUT2D eigenvalue weighted by Crippen LogP contribution is -2.52. The Labute approximate surface area is 426 Å². The third-order valence-electron chi connectivity index (χ3n) is 14.4. The number of carbonyl (C=O) groups is 4. The summed E-state index contributed by atoms with van der Waals surface area (Å²) >= 11 is 6.39. The Hall–Kier alpha value is -7.24. The van der Waals surface area contributed by atoms with Crippen LogP contribution >= 0.6 is 11.6 Å². The molecule has 376 valence electrons. The minimum absolute atomic E-state index is 0.0856. The number of piperidine rings is 1. The van der Waals surface area contributed by atoms with Crippen LogP contribution in [0.2, 0.25) is 5.02 Å². The molecule has 4 aliphatic rings. The molecular formula is C55H56ClF2N11O4. The molecule has 0 spiro atoms. The molecule has 10 rings (SSSR count). The molecule has 3 aliphatic heterocycles. The number of benzene rings is 4. The van der Waals surface area contributed by atoms with Crippen LogP contribution in [0.15, 0.2) is 96.2 Å². The van der Waals surface area contributed by atoms with E-state index >= 15 is 0 Å². The van der Waals surface area contributed by atoms with E-state index in [-0.39, 0.29) is 48.5 Å². The van der Waals surface area contributed by atoms with Gasteiger partial charge in [0, 0.05) is 81.4 Å². The summed E-state index contributed by atoms with van der Waals surface area (Å²) in [4.78, 5) is 65.5. The number of nitrogens with zero attached hydrogens (tertiary/aromatic N) is 7. The van der Waals surface area contributed by atoms with Crippen molar-refractivity contribution < 1.29 is 28.0 Å². The van der Waals surface area contributed by atoms with Crippen molar-refractivity contribution in [1.82, 2.24) is 40.5 Å². The zero-order chi connectivity index (χ0) is 50.4. The smallest absolute Gasteiger partial charge is 0.255 e. The topological polar surface area (TPSA) is 188 Å². The van der Waals surface area contributed by atoms with Gasteiger partial charge in [-0.05, 0) is 100 Å². The molecule has 18 heteroatoms. The SMILES string of the molecule is O=C1CCC(N2Cc3c(NC(=O)CCCCCCCCCNC4CCC(n5cc(-c6ccc(Nc7ncc8c(n7)-c7ccc(Cl)cc7C(c7c(F)cccc7F)=NC8)cc6)nn5)CC4)cccc3C2=O)C(=O)N1. The first kappa shape index (κ1) is 49.3. The molecule has 1 unspecified atom stereocenters. The van der Waals surface area contributed by atoms with E-state index in [0.29, 0.717) is 75.1 Å². The Morgan fingerprint density at radius 2 is 1.58 bits per heavy atom. The normalized spacial score (nSPS) is 18.3. The zero-order valence-electron chi connectivity index (χ0n) is 40.3. The minimum Gasteiger partial charge on any atom is -0.326 e. The average molecular weight is 1010 g/mol. The molecular weight excluding hydrogens is 952 g/mol. The molecule has 2 fully saturated rings. The highest BCUT2D eigenvalue weighted by molar-refractivity contribution is 6.31. The number of hydrogen-bond acceptors (Lipinski definition) is 11. The summed E-state index contributed by atoms with van der Waals surface area (Å²) in [5.74, 6) is -2.19. The van der Waals surface area contributed by atoms with Gasteiger partial charge in [-0.2, -0.15) is 0 Å². The number of aliphatic imine (C=N–C) groups is 1. The van der Waals surface area contributed by atoms with Crippen LogP contribution in [0.5, 0.6) is 0 Å². The summed E-state index contributed by atoms with van der Waals surface area (Å²) in [6, 6.07) is 22.1. The molecule has 1 aliphatic carbocycles. The molecule has 4 aromatic carbocycles. The van der Waals surface area contributed by atoms with Gasteiger partial charge in [-0.1, -0.05) is 79.3 Å². The molecule has 73 heavy (non-hydrogen) atoms. The molecule has 4 N–H and O–H groups in total. The fraction of sp³-hybridized carbons (Fsp3) is 0.364. The number of hydrogen-bond donors (Lipinski definition) is 4. The van der Waals surface area contributed by atoms with Gasteiger partial charge in [0.1, 0.15) is 23.4 Å². The van der Waals surface area contributed by atoms with E-state index in [2.05, 4.69) is 41.6 Å². The number of carbonyl (C=O) groups excluding carboxylic acids is 4. The molecule has 1 atom stereocenters. The van der Waals surface area contributed by atoms with Gasteiger partial charge in [0.25, 0.3) is 5.91 Å². The lowest BCUT2D eigenvalue weighted by Gasteiger charge is -2.29. The summed E-state index contributed by atoms with van der Waals surface area (Å²) < 4.78 is 32.0. The monoisotopic (exact) mass is 1010 g/mol. The van der Waals surface area contributed by atoms with E-state index in [4.69, 9.17) is 16.6 Å². The maximum atomic E-state index is 15.0. The fourth-order valence-corrected chi connectivity index (χ4v) is 10.6. The Balaban J connectivity index is 0.613. The van der Waals surface area contributed by atoms with E-state index in [1.54, 1.807) is 42.6 Å². The van der Waals surface area contributed by atoms with Crippen molar-refractivity contribution in [2.75, 3.05) is 17.2 Å². The maximum Gasteiger partial charge on any atom is 0.255 e. The Kier molecular flexibility index (Phi) is 15.0. The first-order valence-electron chi connectivity index (χ1n) is 25.3. The van der Waals surface area contributed by atoms with Crippen molar-refractivity contribution in [3.63, 3.8) is 0 Å². The number of anilines is 3. The van der Waals surface area contributed by atoms with Gasteiger partial charge in [0.05, 0.1) is 35.8 Å². The highest BCUT2D eigenvalue weighted by Crippen LogP contribution is 2.36. The Bertz CT molecular complexity index is 3060. The lowest BCUT2D eigenvalue weighted by molar-refractivity contribution is -0.137. The maximum absolute atomic E-state index is 15.0.